The highest BCUT2D eigenvalue weighted by Crippen LogP contribution is 2.33. The molecule has 0 spiro atoms. The van der Waals surface area contributed by atoms with Crippen molar-refractivity contribution in [3.8, 4) is 0 Å². The Morgan fingerprint density at radius 1 is 0.682 bits per heavy atom. The summed E-state index contributed by atoms with van der Waals surface area (Å²) >= 11 is 0. The monoisotopic (exact) mass is 620 g/mol. The van der Waals surface area contributed by atoms with E-state index in [4.69, 9.17) is 23.7 Å². The Balaban J connectivity index is 2.70. The van der Waals surface area contributed by atoms with Gasteiger partial charge in [-0.3, -0.25) is 29.0 Å². The Hall–Kier alpha value is -3.54. The van der Waals surface area contributed by atoms with Gasteiger partial charge in [0.15, 0.2) is 24.5 Å². The zero-order valence-electron chi connectivity index (χ0n) is 27.9. The maximum atomic E-state index is 13.3. The summed E-state index contributed by atoms with van der Waals surface area (Å²) in [6, 6.07) is 4.73. The van der Waals surface area contributed by atoms with E-state index < -0.39 is 88.7 Å². The summed E-state index contributed by atoms with van der Waals surface area (Å²) in [5.41, 5.74) is -3.85. The van der Waals surface area contributed by atoms with Crippen molar-refractivity contribution >= 4 is 29.8 Å². The second kappa shape index (κ2) is 13.6. The molecule has 12 heteroatoms. The van der Waals surface area contributed by atoms with Crippen LogP contribution >= 0.6 is 0 Å². The topological polar surface area (TPSA) is 156 Å². The predicted molar refractivity (Wildman–Crippen MR) is 159 cm³/mol. The fourth-order valence-electron chi connectivity index (χ4n) is 3.55. The van der Waals surface area contributed by atoms with Crippen LogP contribution in [0.15, 0.2) is 24.4 Å². The van der Waals surface area contributed by atoms with Gasteiger partial charge in [-0.1, -0.05) is 6.07 Å². The Morgan fingerprint density at radius 2 is 1.14 bits per heavy atom. The number of carbonyl (C=O) groups is 5. The number of nitrogens with one attached hydrogen (secondary N) is 1. The molecule has 0 unspecified atom stereocenters. The molecule has 2 heterocycles. The molecule has 44 heavy (non-hydrogen) atoms. The molecule has 12 nitrogen and oxygen atoms in total. The number of nitrogens with zero attached hydrogens (tertiary/aromatic N) is 1. The molecule has 5 atom stereocenters. The first-order chi connectivity index (χ1) is 19.9. The smallest absolute Gasteiger partial charge is 0.311 e. The van der Waals surface area contributed by atoms with Crippen LogP contribution in [0.1, 0.15) is 93.6 Å². The van der Waals surface area contributed by atoms with Crippen molar-refractivity contribution < 1.29 is 47.7 Å². The number of rotatable bonds is 7. The van der Waals surface area contributed by atoms with Crippen molar-refractivity contribution in [1.82, 2.24) is 10.3 Å². The molecule has 0 aliphatic carbocycles. The lowest BCUT2D eigenvalue weighted by Gasteiger charge is -2.46. The molecule has 1 N–H and O–H groups in total. The number of amides is 1. The van der Waals surface area contributed by atoms with E-state index in [2.05, 4.69) is 10.3 Å². The number of ether oxygens (including phenoxy) is 5. The summed E-state index contributed by atoms with van der Waals surface area (Å²) in [6.45, 7) is 19.2. The minimum absolute atomic E-state index is 0.0391. The SMILES string of the molecule is CC(C)(C)C(=O)OC[C@@H]1O[C@H](NC(=O)c2ccccn2)[C@H](OC(=O)C(C)(C)C)[C@@H](OC(=O)C(C)(C)C)[C@H]1OC(=O)C(C)(C)C. The van der Waals surface area contributed by atoms with Crippen LogP contribution in [0.25, 0.3) is 0 Å². The molecule has 1 fully saturated rings. The highest BCUT2D eigenvalue weighted by molar-refractivity contribution is 5.92. The van der Waals surface area contributed by atoms with Crippen molar-refractivity contribution in [3.63, 3.8) is 0 Å². The van der Waals surface area contributed by atoms with Crippen LogP contribution in [0, 0.1) is 21.7 Å². The molecule has 0 radical (unpaired) electrons. The first-order valence-electron chi connectivity index (χ1n) is 14.6. The molecule has 246 valence electrons. The van der Waals surface area contributed by atoms with Crippen molar-refractivity contribution in [2.75, 3.05) is 6.61 Å². The number of pyridine rings is 1. The van der Waals surface area contributed by atoms with Gasteiger partial charge in [0.05, 0.1) is 21.7 Å². The average Bonchev–Trinajstić information content (AvgIpc) is 2.88. The summed E-state index contributed by atoms with van der Waals surface area (Å²) in [5, 5.41) is 2.66. The second-order valence-electron chi connectivity index (χ2n) is 15.0. The van der Waals surface area contributed by atoms with E-state index in [0.29, 0.717) is 0 Å². The molecular weight excluding hydrogens is 572 g/mol. The first-order valence-corrected chi connectivity index (χ1v) is 14.6. The number of esters is 4. The van der Waals surface area contributed by atoms with Crippen molar-refractivity contribution in [1.29, 1.82) is 0 Å². The third-order valence-corrected chi connectivity index (χ3v) is 6.36. The van der Waals surface area contributed by atoms with Crippen molar-refractivity contribution in [2.24, 2.45) is 21.7 Å². The van der Waals surface area contributed by atoms with Crippen LogP contribution in [-0.4, -0.2) is 72.0 Å². The molecule has 1 aliphatic rings. The normalized spacial score (nSPS) is 22.8. The van der Waals surface area contributed by atoms with Crippen LogP contribution in [-0.2, 0) is 42.9 Å². The van der Waals surface area contributed by atoms with Crippen LogP contribution in [0.5, 0.6) is 0 Å². The maximum absolute atomic E-state index is 13.3. The number of hydrogen-bond acceptors (Lipinski definition) is 11. The largest absolute Gasteiger partial charge is 0.462 e. The fraction of sp³-hybridized carbons (Fsp3) is 0.688. The van der Waals surface area contributed by atoms with Crippen molar-refractivity contribution in [3.05, 3.63) is 30.1 Å². The molecular formula is C32H48N2O10. The third kappa shape index (κ3) is 10.0. The van der Waals surface area contributed by atoms with E-state index in [0.717, 1.165) is 0 Å². The lowest BCUT2D eigenvalue weighted by atomic mass is 9.92. The van der Waals surface area contributed by atoms with Gasteiger partial charge in [-0.25, -0.2) is 0 Å². The maximum Gasteiger partial charge on any atom is 0.311 e. The predicted octanol–water partition coefficient (Wildman–Crippen LogP) is 4.00. The highest BCUT2D eigenvalue weighted by Gasteiger charge is 2.55. The van der Waals surface area contributed by atoms with Gasteiger partial charge in [0.1, 0.15) is 18.4 Å². The number of aromatic nitrogens is 1. The van der Waals surface area contributed by atoms with Crippen LogP contribution < -0.4 is 5.32 Å². The van der Waals surface area contributed by atoms with Gasteiger partial charge < -0.3 is 29.0 Å². The first kappa shape index (κ1) is 36.7. The van der Waals surface area contributed by atoms with Gasteiger partial charge in [-0.2, -0.15) is 0 Å². The van der Waals surface area contributed by atoms with Gasteiger partial charge in [0, 0.05) is 6.20 Å². The van der Waals surface area contributed by atoms with Crippen LogP contribution in [0.2, 0.25) is 0 Å². The fourth-order valence-corrected chi connectivity index (χ4v) is 3.55. The Morgan fingerprint density at radius 3 is 1.57 bits per heavy atom. The van der Waals surface area contributed by atoms with Gasteiger partial charge in [0.25, 0.3) is 5.91 Å². The number of carbonyl (C=O) groups excluding carboxylic acids is 5. The van der Waals surface area contributed by atoms with E-state index in [1.807, 2.05) is 0 Å². The summed E-state index contributed by atoms with van der Waals surface area (Å²) in [6.07, 6.45) is -5.60. The molecule has 0 aromatic carbocycles. The summed E-state index contributed by atoms with van der Waals surface area (Å²) in [7, 11) is 0. The minimum atomic E-state index is -1.48. The molecule has 0 bridgehead atoms. The van der Waals surface area contributed by atoms with E-state index in [-0.39, 0.29) is 5.69 Å². The van der Waals surface area contributed by atoms with E-state index in [9.17, 15) is 24.0 Å². The zero-order valence-corrected chi connectivity index (χ0v) is 27.9. The van der Waals surface area contributed by atoms with Gasteiger partial charge in [0.2, 0.25) is 0 Å². The van der Waals surface area contributed by atoms with Gasteiger partial charge >= 0.3 is 23.9 Å². The van der Waals surface area contributed by atoms with Crippen LogP contribution in [0.3, 0.4) is 0 Å². The van der Waals surface area contributed by atoms with E-state index in [1.165, 1.54) is 12.3 Å². The number of hydrogen-bond donors (Lipinski definition) is 1. The lowest BCUT2D eigenvalue weighted by Crippen LogP contribution is -2.67. The van der Waals surface area contributed by atoms with Crippen LogP contribution in [0.4, 0.5) is 0 Å². The van der Waals surface area contributed by atoms with E-state index >= 15 is 0 Å². The highest BCUT2D eigenvalue weighted by atomic mass is 16.7. The molecule has 1 aromatic rings. The summed E-state index contributed by atoms with van der Waals surface area (Å²) in [5.74, 6) is -3.31. The van der Waals surface area contributed by atoms with Gasteiger partial charge in [-0.05, 0) is 95.2 Å². The zero-order chi connectivity index (χ0) is 33.8. The lowest BCUT2D eigenvalue weighted by molar-refractivity contribution is -0.263. The average molecular weight is 621 g/mol. The Labute approximate surface area is 259 Å². The molecule has 1 saturated heterocycles. The molecule has 1 aliphatic heterocycles. The van der Waals surface area contributed by atoms with Crippen molar-refractivity contribution in [2.45, 2.75) is 114 Å². The third-order valence-electron chi connectivity index (χ3n) is 6.36. The summed E-state index contributed by atoms with van der Waals surface area (Å²) < 4.78 is 29.5. The van der Waals surface area contributed by atoms with E-state index in [1.54, 1.807) is 95.2 Å². The molecule has 1 amide bonds. The quantitative estimate of drug-likeness (QED) is 0.347. The Bertz CT molecular complexity index is 1200. The standard InChI is InChI=1S/C32H48N2O10/c1-29(2,3)25(36)40-17-19-20(42-26(37)30(4,5)6)21(43-27(38)31(7,8)9)22(44-28(39)32(10,11)12)24(41-19)34-23(35)18-15-13-14-16-33-18/h13-16,19-22,24H,17H2,1-12H3,(H,34,35)/t19-,20-,21-,22+,24-/m0/s1. The van der Waals surface area contributed by atoms with Gasteiger partial charge in [-0.15, -0.1) is 0 Å². The molecule has 0 saturated carbocycles. The molecule has 1 aromatic heterocycles. The Kier molecular flexibility index (Phi) is 11.3. The molecule has 2 rings (SSSR count). The second-order valence-corrected chi connectivity index (χ2v) is 15.0. The summed E-state index contributed by atoms with van der Waals surface area (Å²) in [4.78, 5) is 69.8. The minimum Gasteiger partial charge on any atom is -0.462 e.